The molecule has 6 nitrogen and oxygen atoms in total. The molecule has 1 atom stereocenters. The molecule has 132 valence electrons. The molecule has 1 saturated heterocycles. The third kappa shape index (κ3) is 3.73. The molecule has 2 heterocycles. The largest absolute Gasteiger partial charge is 0.478 e. The maximum Gasteiger partial charge on any atom is 0.335 e. The zero-order chi connectivity index (χ0) is 18.0. The minimum absolute atomic E-state index is 0.0634. The smallest absolute Gasteiger partial charge is 0.335 e. The summed E-state index contributed by atoms with van der Waals surface area (Å²) in [5.41, 5.74) is 2.89. The van der Waals surface area contributed by atoms with Crippen molar-refractivity contribution < 1.29 is 19.2 Å². The zero-order valence-electron chi connectivity index (χ0n) is 14.5. The van der Waals surface area contributed by atoms with Gasteiger partial charge in [-0.15, -0.1) is 0 Å². The van der Waals surface area contributed by atoms with Crippen LogP contribution in [0.5, 0.6) is 0 Å². The Hall–Kier alpha value is -2.63. The fourth-order valence-electron chi connectivity index (χ4n) is 3.42. The molecular formula is C19H22N2O4. The number of hydrogen-bond donors (Lipinski definition) is 1. The average molecular weight is 342 g/mol. The molecule has 25 heavy (non-hydrogen) atoms. The standard InChI is InChI=1S/C19H22N2O4/c1-12-17(13(2)25-20-12)10-18(22)21-8-4-7-16(11-21)14-5-3-6-15(9-14)19(23)24/h3,5-6,9,16H,4,7-8,10-11H2,1-2H3,(H,23,24)/t16-/m1/s1. The number of amides is 1. The van der Waals surface area contributed by atoms with E-state index in [4.69, 9.17) is 9.63 Å². The predicted molar refractivity (Wildman–Crippen MR) is 91.6 cm³/mol. The number of benzene rings is 1. The molecule has 1 aromatic heterocycles. The van der Waals surface area contributed by atoms with E-state index in [0.29, 0.717) is 18.7 Å². The summed E-state index contributed by atoms with van der Waals surface area (Å²) >= 11 is 0. The Labute approximate surface area is 146 Å². The van der Waals surface area contributed by atoms with Crippen molar-refractivity contribution in [2.75, 3.05) is 13.1 Å². The van der Waals surface area contributed by atoms with Crippen LogP contribution in [-0.4, -0.2) is 40.1 Å². The van der Waals surface area contributed by atoms with Crippen LogP contribution in [0.25, 0.3) is 0 Å². The lowest BCUT2D eigenvalue weighted by molar-refractivity contribution is -0.131. The van der Waals surface area contributed by atoms with Gasteiger partial charge >= 0.3 is 5.97 Å². The molecule has 0 saturated carbocycles. The van der Waals surface area contributed by atoms with Crippen LogP contribution in [0.2, 0.25) is 0 Å². The third-order valence-corrected chi connectivity index (χ3v) is 4.89. The maximum absolute atomic E-state index is 12.7. The van der Waals surface area contributed by atoms with E-state index < -0.39 is 5.97 Å². The number of aromatic nitrogens is 1. The SMILES string of the molecule is Cc1noc(C)c1CC(=O)N1CCC[C@@H](c2cccc(C(=O)O)c2)C1. The van der Waals surface area contributed by atoms with E-state index in [1.54, 1.807) is 18.2 Å². The molecule has 2 aromatic rings. The van der Waals surface area contributed by atoms with Crippen molar-refractivity contribution in [3.8, 4) is 0 Å². The Kier molecular flexibility index (Phi) is 4.88. The number of carbonyl (C=O) groups is 2. The molecule has 0 radical (unpaired) electrons. The van der Waals surface area contributed by atoms with Crippen molar-refractivity contribution in [2.45, 2.75) is 39.0 Å². The molecule has 1 fully saturated rings. The number of rotatable bonds is 4. The Morgan fingerprint density at radius 1 is 1.36 bits per heavy atom. The van der Waals surface area contributed by atoms with Gasteiger partial charge in [0.1, 0.15) is 5.76 Å². The molecule has 1 aromatic carbocycles. The number of carbonyl (C=O) groups excluding carboxylic acids is 1. The van der Waals surface area contributed by atoms with E-state index in [1.807, 2.05) is 24.8 Å². The van der Waals surface area contributed by atoms with Crippen molar-refractivity contribution in [3.05, 3.63) is 52.4 Å². The molecule has 0 unspecified atom stereocenters. The van der Waals surface area contributed by atoms with E-state index in [1.165, 1.54) is 0 Å². The lowest BCUT2D eigenvalue weighted by Gasteiger charge is -2.33. The Bertz CT molecular complexity index is 777. The average Bonchev–Trinajstić information content (AvgIpc) is 2.94. The van der Waals surface area contributed by atoms with Crippen LogP contribution >= 0.6 is 0 Å². The summed E-state index contributed by atoms with van der Waals surface area (Å²) in [7, 11) is 0. The van der Waals surface area contributed by atoms with Crippen molar-refractivity contribution in [1.82, 2.24) is 10.1 Å². The van der Waals surface area contributed by atoms with Crippen LogP contribution in [0, 0.1) is 13.8 Å². The first-order chi connectivity index (χ1) is 12.0. The third-order valence-electron chi connectivity index (χ3n) is 4.89. The molecule has 3 rings (SSSR count). The first kappa shape index (κ1) is 17.2. The van der Waals surface area contributed by atoms with Crippen molar-refractivity contribution in [3.63, 3.8) is 0 Å². The number of nitrogens with zero attached hydrogens (tertiary/aromatic N) is 2. The fourth-order valence-corrected chi connectivity index (χ4v) is 3.42. The number of carboxylic acids is 1. The second-order valence-electron chi connectivity index (χ2n) is 6.59. The van der Waals surface area contributed by atoms with E-state index in [0.717, 1.165) is 36.2 Å². The second kappa shape index (κ2) is 7.09. The van der Waals surface area contributed by atoms with Crippen LogP contribution < -0.4 is 0 Å². The Balaban J connectivity index is 1.71. The van der Waals surface area contributed by atoms with Gasteiger partial charge in [-0.05, 0) is 44.4 Å². The minimum Gasteiger partial charge on any atom is -0.478 e. The zero-order valence-corrected chi connectivity index (χ0v) is 14.5. The lowest BCUT2D eigenvalue weighted by Crippen LogP contribution is -2.40. The Morgan fingerprint density at radius 3 is 2.84 bits per heavy atom. The fraction of sp³-hybridized carbons (Fsp3) is 0.421. The van der Waals surface area contributed by atoms with Crippen molar-refractivity contribution in [1.29, 1.82) is 0 Å². The van der Waals surface area contributed by atoms with Gasteiger partial charge in [0.15, 0.2) is 0 Å². The first-order valence-electron chi connectivity index (χ1n) is 8.48. The number of likely N-dealkylation sites (tertiary alicyclic amines) is 1. The van der Waals surface area contributed by atoms with E-state index in [-0.39, 0.29) is 17.4 Å². The summed E-state index contributed by atoms with van der Waals surface area (Å²) in [6, 6.07) is 7.02. The van der Waals surface area contributed by atoms with Crippen LogP contribution in [-0.2, 0) is 11.2 Å². The summed E-state index contributed by atoms with van der Waals surface area (Å²) in [5, 5.41) is 13.1. The minimum atomic E-state index is -0.927. The number of aromatic carboxylic acids is 1. The lowest BCUT2D eigenvalue weighted by atomic mass is 9.89. The van der Waals surface area contributed by atoms with Gasteiger partial charge in [0, 0.05) is 24.6 Å². The van der Waals surface area contributed by atoms with Gasteiger partial charge in [0.2, 0.25) is 5.91 Å². The normalized spacial score (nSPS) is 17.5. The molecule has 1 amide bonds. The van der Waals surface area contributed by atoms with E-state index in [2.05, 4.69) is 5.16 Å². The first-order valence-corrected chi connectivity index (χ1v) is 8.48. The van der Waals surface area contributed by atoms with Crippen molar-refractivity contribution >= 4 is 11.9 Å². The van der Waals surface area contributed by atoms with Gasteiger partial charge in [-0.3, -0.25) is 4.79 Å². The predicted octanol–water partition coefficient (Wildman–Crippen LogP) is 2.94. The van der Waals surface area contributed by atoms with E-state index in [9.17, 15) is 9.59 Å². The summed E-state index contributed by atoms with van der Waals surface area (Å²) in [4.78, 5) is 25.7. The number of hydrogen-bond acceptors (Lipinski definition) is 4. The topological polar surface area (TPSA) is 83.6 Å². The summed E-state index contributed by atoms with van der Waals surface area (Å²) in [6.07, 6.45) is 2.16. The number of aryl methyl sites for hydroxylation is 2. The highest BCUT2D eigenvalue weighted by Gasteiger charge is 2.26. The van der Waals surface area contributed by atoms with Crippen LogP contribution in [0.1, 0.15) is 51.7 Å². The molecule has 0 spiro atoms. The van der Waals surface area contributed by atoms with Crippen LogP contribution in [0.3, 0.4) is 0 Å². The number of carboxylic acid groups (broad SMARTS) is 1. The van der Waals surface area contributed by atoms with Gasteiger partial charge in [-0.25, -0.2) is 4.79 Å². The highest BCUT2D eigenvalue weighted by molar-refractivity contribution is 5.87. The van der Waals surface area contributed by atoms with Gasteiger partial charge < -0.3 is 14.5 Å². The maximum atomic E-state index is 12.7. The highest BCUT2D eigenvalue weighted by atomic mass is 16.5. The monoisotopic (exact) mass is 342 g/mol. The highest BCUT2D eigenvalue weighted by Crippen LogP contribution is 2.28. The molecule has 0 aliphatic carbocycles. The van der Waals surface area contributed by atoms with Crippen molar-refractivity contribution in [2.24, 2.45) is 0 Å². The number of piperidine rings is 1. The molecular weight excluding hydrogens is 320 g/mol. The van der Waals surface area contributed by atoms with Gasteiger partial charge in [-0.1, -0.05) is 17.3 Å². The summed E-state index contributed by atoms with van der Waals surface area (Å²) < 4.78 is 5.13. The molecule has 1 aliphatic heterocycles. The summed E-state index contributed by atoms with van der Waals surface area (Å²) in [5.74, 6) is -0.00673. The van der Waals surface area contributed by atoms with Gasteiger partial charge in [0.05, 0.1) is 17.7 Å². The summed E-state index contributed by atoms with van der Waals surface area (Å²) in [6.45, 7) is 5.01. The van der Waals surface area contributed by atoms with Crippen LogP contribution in [0.4, 0.5) is 0 Å². The van der Waals surface area contributed by atoms with Gasteiger partial charge in [0.25, 0.3) is 0 Å². The Morgan fingerprint density at radius 2 is 2.16 bits per heavy atom. The second-order valence-corrected chi connectivity index (χ2v) is 6.59. The molecule has 0 bridgehead atoms. The molecule has 1 aliphatic rings. The molecule has 6 heteroatoms. The van der Waals surface area contributed by atoms with Gasteiger partial charge in [-0.2, -0.15) is 0 Å². The molecule has 1 N–H and O–H groups in total. The van der Waals surface area contributed by atoms with Crippen LogP contribution in [0.15, 0.2) is 28.8 Å². The van der Waals surface area contributed by atoms with E-state index >= 15 is 0 Å². The quantitative estimate of drug-likeness (QED) is 0.923.